The molecule has 31 heavy (non-hydrogen) atoms. The third kappa shape index (κ3) is 6.05. The van der Waals surface area contributed by atoms with Crippen molar-refractivity contribution in [3.8, 4) is 28.2 Å². The van der Waals surface area contributed by atoms with Crippen LogP contribution < -0.4 is 0 Å². The molecular formula is C26H20IrN4-2. The summed E-state index contributed by atoms with van der Waals surface area (Å²) >= 11 is 0. The van der Waals surface area contributed by atoms with Gasteiger partial charge >= 0.3 is 0 Å². The van der Waals surface area contributed by atoms with E-state index in [0.29, 0.717) is 0 Å². The molecule has 2 aromatic carbocycles. The van der Waals surface area contributed by atoms with Gasteiger partial charge < -0.3 is 14.5 Å². The predicted molar refractivity (Wildman–Crippen MR) is 119 cm³/mol. The molecule has 0 aliphatic rings. The van der Waals surface area contributed by atoms with Crippen LogP contribution in [0.15, 0.2) is 104 Å². The van der Waals surface area contributed by atoms with Crippen molar-refractivity contribution in [1.29, 1.82) is 0 Å². The van der Waals surface area contributed by atoms with Gasteiger partial charge in [0, 0.05) is 50.1 Å². The van der Waals surface area contributed by atoms with Crippen molar-refractivity contribution < 1.29 is 20.1 Å². The molecule has 0 spiro atoms. The van der Waals surface area contributed by atoms with Gasteiger partial charge in [-0.3, -0.25) is 0 Å². The molecule has 0 aliphatic carbocycles. The monoisotopic (exact) mass is 581 g/mol. The van der Waals surface area contributed by atoms with Gasteiger partial charge in [0.2, 0.25) is 0 Å². The van der Waals surface area contributed by atoms with Gasteiger partial charge in [-0.05, 0) is 30.4 Å². The Hall–Kier alpha value is -3.40. The van der Waals surface area contributed by atoms with Crippen molar-refractivity contribution in [3.05, 3.63) is 122 Å². The summed E-state index contributed by atoms with van der Waals surface area (Å²) in [5.74, 6) is 0. The largest absolute Gasteiger partial charge is 0.307 e. The third-order valence-electron chi connectivity index (χ3n) is 4.40. The van der Waals surface area contributed by atoms with Crippen molar-refractivity contribution in [3.63, 3.8) is 0 Å². The van der Waals surface area contributed by atoms with E-state index >= 15 is 0 Å². The quantitative estimate of drug-likeness (QED) is 0.262. The second kappa shape index (κ2) is 11.1. The Kier molecular flexibility index (Phi) is 7.99. The maximum Gasteiger partial charge on any atom is 0.0991 e. The zero-order valence-electron chi connectivity index (χ0n) is 16.9. The Morgan fingerprint density at radius 1 is 0.774 bits per heavy atom. The molecule has 3 aromatic heterocycles. The summed E-state index contributed by atoms with van der Waals surface area (Å²) in [6, 6.07) is 32.0. The first-order valence-corrected chi connectivity index (χ1v) is 9.62. The standard InChI is InChI=1S/C14H10N3.C12H10N.Ir/c1-2-4-12(5-3-1)14-10-13(6-7-16-14)17-9-8-15-11-17;1-10-6-5-9-12(13-10)11-7-3-2-4-8-11;/h1-4,6-11H;2-7,9H,1H3;/q2*-1;. The topological polar surface area (TPSA) is 43.6 Å². The molecule has 0 bridgehead atoms. The van der Waals surface area contributed by atoms with Gasteiger partial charge in [-0.25, -0.2) is 4.98 Å². The minimum atomic E-state index is 0. The van der Waals surface area contributed by atoms with Gasteiger partial charge in [0.15, 0.2) is 0 Å². The van der Waals surface area contributed by atoms with Crippen LogP contribution in [0.5, 0.6) is 0 Å². The van der Waals surface area contributed by atoms with Gasteiger partial charge in [0.25, 0.3) is 0 Å². The van der Waals surface area contributed by atoms with E-state index in [0.717, 1.165) is 33.9 Å². The number of aryl methyl sites for hydroxylation is 1. The second-order valence-corrected chi connectivity index (χ2v) is 6.59. The Morgan fingerprint density at radius 3 is 2.13 bits per heavy atom. The Morgan fingerprint density at radius 2 is 1.52 bits per heavy atom. The molecule has 1 radical (unpaired) electrons. The molecule has 0 fully saturated rings. The average molecular weight is 581 g/mol. The molecule has 0 N–H and O–H groups in total. The van der Waals surface area contributed by atoms with Crippen molar-refractivity contribution in [1.82, 2.24) is 19.5 Å². The van der Waals surface area contributed by atoms with Crippen molar-refractivity contribution in [2.75, 3.05) is 0 Å². The van der Waals surface area contributed by atoms with Gasteiger partial charge in [-0.1, -0.05) is 18.2 Å². The van der Waals surface area contributed by atoms with Crippen molar-refractivity contribution >= 4 is 0 Å². The number of aromatic nitrogens is 4. The van der Waals surface area contributed by atoms with Crippen LogP contribution in [0.3, 0.4) is 0 Å². The first-order chi connectivity index (χ1) is 14.8. The fraction of sp³-hybridized carbons (Fsp3) is 0.0385. The molecule has 5 aromatic rings. The van der Waals surface area contributed by atoms with Crippen molar-refractivity contribution in [2.45, 2.75) is 6.92 Å². The minimum absolute atomic E-state index is 0. The number of imidazole rings is 1. The summed E-state index contributed by atoms with van der Waals surface area (Å²) in [7, 11) is 0. The Labute approximate surface area is 196 Å². The van der Waals surface area contributed by atoms with Gasteiger partial charge in [-0.2, -0.15) is 0 Å². The Balaban J connectivity index is 0.000000176. The van der Waals surface area contributed by atoms with Crippen LogP contribution in [0.4, 0.5) is 0 Å². The maximum absolute atomic E-state index is 4.41. The molecule has 3 heterocycles. The number of benzene rings is 2. The summed E-state index contributed by atoms with van der Waals surface area (Å²) in [4.78, 5) is 12.8. The number of pyridine rings is 2. The summed E-state index contributed by atoms with van der Waals surface area (Å²) < 4.78 is 1.95. The summed E-state index contributed by atoms with van der Waals surface area (Å²) in [5.41, 5.74) is 6.03. The normalized spacial score (nSPS) is 9.84. The number of hydrogen-bond acceptors (Lipinski definition) is 3. The Bertz CT molecular complexity index is 1190. The molecule has 5 rings (SSSR count). The molecule has 0 saturated heterocycles. The molecule has 0 amide bonds. The van der Waals surface area contributed by atoms with E-state index in [2.05, 4.69) is 27.1 Å². The molecule has 0 saturated carbocycles. The molecule has 0 aliphatic heterocycles. The summed E-state index contributed by atoms with van der Waals surface area (Å²) in [6.07, 6.45) is 7.24. The zero-order chi connectivity index (χ0) is 20.6. The van der Waals surface area contributed by atoms with Gasteiger partial charge in [0.05, 0.1) is 6.33 Å². The van der Waals surface area contributed by atoms with Crippen LogP contribution in [-0.2, 0) is 20.1 Å². The maximum atomic E-state index is 4.41. The molecule has 4 nitrogen and oxygen atoms in total. The van der Waals surface area contributed by atoms with Crippen LogP contribution in [-0.4, -0.2) is 19.5 Å². The van der Waals surface area contributed by atoms with E-state index < -0.39 is 0 Å². The zero-order valence-corrected chi connectivity index (χ0v) is 19.3. The fourth-order valence-corrected chi connectivity index (χ4v) is 2.94. The molecule has 155 valence electrons. The summed E-state index contributed by atoms with van der Waals surface area (Å²) in [6.45, 7) is 1.99. The van der Waals surface area contributed by atoms with Crippen LogP contribution in [0.1, 0.15) is 5.69 Å². The fourth-order valence-electron chi connectivity index (χ4n) is 2.94. The van der Waals surface area contributed by atoms with Gasteiger partial charge in [-0.15, -0.1) is 71.8 Å². The first-order valence-electron chi connectivity index (χ1n) is 9.62. The average Bonchev–Trinajstić information content (AvgIpc) is 3.36. The predicted octanol–water partition coefficient (Wildman–Crippen LogP) is 5.59. The van der Waals surface area contributed by atoms with Crippen LogP contribution >= 0.6 is 0 Å². The molecule has 0 atom stereocenters. The van der Waals surface area contributed by atoms with E-state index in [1.165, 1.54) is 0 Å². The second-order valence-electron chi connectivity index (χ2n) is 6.59. The SMILES string of the molecule is Cc1cccc(-c2[c-]cccc2)n1.[Ir].[c-]1ccccc1-c1cc(-n2ccnc2)ccn1. The van der Waals surface area contributed by atoms with Gasteiger partial charge in [0.1, 0.15) is 0 Å². The molecule has 5 heteroatoms. The molecule has 0 unspecified atom stereocenters. The van der Waals surface area contributed by atoms with E-state index in [4.69, 9.17) is 0 Å². The minimum Gasteiger partial charge on any atom is -0.307 e. The molecular weight excluding hydrogens is 561 g/mol. The van der Waals surface area contributed by atoms with E-state index in [-0.39, 0.29) is 20.1 Å². The smallest absolute Gasteiger partial charge is 0.0991 e. The van der Waals surface area contributed by atoms with Crippen LogP contribution in [0.2, 0.25) is 0 Å². The number of rotatable bonds is 3. The third-order valence-corrected chi connectivity index (χ3v) is 4.40. The first kappa shape index (κ1) is 22.3. The van der Waals surface area contributed by atoms with E-state index in [1.54, 1.807) is 18.7 Å². The number of nitrogens with zero attached hydrogens (tertiary/aromatic N) is 4. The summed E-state index contributed by atoms with van der Waals surface area (Å²) in [5, 5.41) is 0. The van der Waals surface area contributed by atoms with Crippen molar-refractivity contribution in [2.24, 2.45) is 0 Å². The van der Waals surface area contributed by atoms with E-state index in [1.807, 2.05) is 96.6 Å². The van der Waals surface area contributed by atoms with Crippen LogP contribution in [0.25, 0.3) is 28.2 Å². The number of hydrogen-bond donors (Lipinski definition) is 0. The van der Waals surface area contributed by atoms with E-state index in [9.17, 15) is 0 Å². The van der Waals surface area contributed by atoms with Crippen LogP contribution in [0, 0.1) is 19.1 Å².